The van der Waals surface area contributed by atoms with E-state index in [1.807, 2.05) is 24.3 Å². The minimum absolute atomic E-state index is 0.00343. The van der Waals surface area contributed by atoms with Gasteiger partial charge < -0.3 is 19.9 Å². The Hall–Kier alpha value is -2.71. The van der Waals surface area contributed by atoms with Crippen molar-refractivity contribution in [2.45, 2.75) is 48.6 Å². The van der Waals surface area contributed by atoms with Crippen LogP contribution in [0.3, 0.4) is 0 Å². The molecule has 1 fully saturated rings. The summed E-state index contributed by atoms with van der Waals surface area (Å²) in [7, 11) is 0. The number of hydrogen-bond acceptors (Lipinski definition) is 4. The Morgan fingerprint density at radius 1 is 1.19 bits per heavy atom. The number of ether oxygens (including phenoxy) is 1. The molecule has 1 aromatic heterocycles. The summed E-state index contributed by atoms with van der Waals surface area (Å²) in [5, 5.41) is 24.0. The van der Waals surface area contributed by atoms with E-state index in [4.69, 9.17) is 4.74 Å². The number of piperidine rings is 1. The van der Waals surface area contributed by atoms with Gasteiger partial charge in [0.25, 0.3) is 0 Å². The van der Waals surface area contributed by atoms with Crippen LogP contribution in [0.4, 0.5) is 13.2 Å². The molecule has 4 aliphatic rings. The van der Waals surface area contributed by atoms with E-state index in [0.717, 1.165) is 33.3 Å². The molecule has 1 saturated heterocycles. The fraction of sp³-hybridized carbons (Fsp3) is 0.417. The molecule has 1 spiro atoms. The molecule has 5 nitrogen and oxygen atoms in total. The number of H-pyrrole nitrogens is 1. The van der Waals surface area contributed by atoms with Crippen LogP contribution in [-0.2, 0) is 18.3 Å². The van der Waals surface area contributed by atoms with Crippen LogP contribution in [0.15, 0.2) is 36.4 Å². The molecule has 7 rings (SSSR count). The summed E-state index contributed by atoms with van der Waals surface area (Å²) >= 11 is 0. The van der Waals surface area contributed by atoms with Crippen molar-refractivity contribution in [2.24, 2.45) is 0 Å². The van der Waals surface area contributed by atoms with Crippen LogP contribution in [-0.4, -0.2) is 51.0 Å². The molecule has 2 bridgehead atoms. The maximum absolute atomic E-state index is 13.5. The number of fused-ring (bicyclic) bond motifs is 4. The zero-order chi connectivity index (χ0) is 22.0. The van der Waals surface area contributed by atoms with Crippen LogP contribution < -0.4 is 4.74 Å². The Balaban J connectivity index is 1.52. The van der Waals surface area contributed by atoms with Crippen molar-refractivity contribution in [1.82, 2.24) is 9.88 Å². The summed E-state index contributed by atoms with van der Waals surface area (Å²) in [5.74, 6) is 0.365. The lowest BCUT2D eigenvalue weighted by atomic mass is 9.49. The number of aromatic amines is 1. The Bertz CT molecular complexity index is 1300. The molecular weight excluding hydrogens is 421 g/mol. The van der Waals surface area contributed by atoms with Crippen molar-refractivity contribution in [1.29, 1.82) is 0 Å². The van der Waals surface area contributed by atoms with Gasteiger partial charge in [-0.05, 0) is 36.1 Å². The molecule has 166 valence electrons. The van der Waals surface area contributed by atoms with Crippen LogP contribution in [0.1, 0.15) is 34.9 Å². The monoisotopic (exact) mass is 442 g/mol. The van der Waals surface area contributed by atoms with Gasteiger partial charge in [-0.1, -0.05) is 24.3 Å². The van der Waals surface area contributed by atoms with Gasteiger partial charge in [0.1, 0.15) is 0 Å². The van der Waals surface area contributed by atoms with Crippen LogP contribution in [0.25, 0.3) is 10.9 Å². The van der Waals surface area contributed by atoms with E-state index < -0.39 is 35.9 Å². The number of phenols is 1. The van der Waals surface area contributed by atoms with Gasteiger partial charge in [0, 0.05) is 35.5 Å². The molecule has 8 heteroatoms. The predicted octanol–water partition coefficient (Wildman–Crippen LogP) is 3.72. The Labute approximate surface area is 181 Å². The molecular formula is C24H21F3N2O3. The summed E-state index contributed by atoms with van der Waals surface area (Å²) in [6, 6.07) is 10.4. The van der Waals surface area contributed by atoms with Gasteiger partial charge in [-0.2, -0.15) is 13.2 Å². The highest BCUT2D eigenvalue weighted by Crippen LogP contribution is 2.69. The van der Waals surface area contributed by atoms with Gasteiger partial charge in [0.2, 0.25) is 0 Å². The summed E-state index contributed by atoms with van der Waals surface area (Å²) in [4.78, 5) is 4.86. The molecule has 0 amide bonds. The third kappa shape index (κ3) is 2.03. The number of alkyl halides is 3. The van der Waals surface area contributed by atoms with Gasteiger partial charge in [-0.15, -0.1) is 0 Å². The van der Waals surface area contributed by atoms with Crippen LogP contribution in [0.2, 0.25) is 0 Å². The van der Waals surface area contributed by atoms with Gasteiger partial charge in [-0.25, -0.2) is 0 Å². The minimum atomic E-state index is -4.35. The molecule has 3 aromatic rings. The topological polar surface area (TPSA) is 68.7 Å². The van der Waals surface area contributed by atoms with Crippen molar-refractivity contribution < 1.29 is 28.1 Å². The molecule has 0 saturated carbocycles. The third-order valence-corrected chi connectivity index (χ3v) is 8.26. The summed E-state index contributed by atoms with van der Waals surface area (Å²) in [5.41, 5.74) is 1.90. The zero-order valence-electron chi connectivity index (χ0n) is 17.0. The average Bonchev–Trinajstić information content (AvgIpc) is 3.26. The summed E-state index contributed by atoms with van der Waals surface area (Å²) < 4.78 is 46.8. The van der Waals surface area contributed by atoms with Crippen LogP contribution in [0.5, 0.6) is 11.5 Å². The normalized spacial score (nSPS) is 32.5. The summed E-state index contributed by atoms with van der Waals surface area (Å²) in [6.45, 7) is -0.848. The molecule has 0 radical (unpaired) electrons. The predicted molar refractivity (Wildman–Crippen MR) is 110 cm³/mol. The van der Waals surface area contributed by atoms with E-state index in [2.05, 4.69) is 4.98 Å². The molecule has 3 heterocycles. The fourth-order valence-corrected chi connectivity index (χ4v) is 7.14. The Morgan fingerprint density at radius 2 is 2.00 bits per heavy atom. The second-order valence-corrected chi connectivity index (χ2v) is 9.64. The van der Waals surface area contributed by atoms with E-state index in [1.165, 1.54) is 4.90 Å². The highest BCUT2D eigenvalue weighted by atomic mass is 19.4. The molecule has 4 atom stereocenters. The number of aromatic hydroxyl groups is 1. The van der Waals surface area contributed by atoms with Gasteiger partial charge in [-0.3, -0.25) is 4.90 Å². The van der Waals surface area contributed by atoms with Crippen molar-refractivity contribution in [3.63, 3.8) is 0 Å². The van der Waals surface area contributed by atoms with Crippen molar-refractivity contribution in [2.75, 3.05) is 13.1 Å². The second-order valence-electron chi connectivity index (χ2n) is 9.64. The number of halogens is 3. The number of likely N-dealkylation sites (tertiary alicyclic amines) is 1. The number of benzene rings is 2. The van der Waals surface area contributed by atoms with Crippen molar-refractivity contribution in [3.8, 4) is 11.5 Å². The minimum Gasteiger partial charge on any atom is -0.504 e. The molecule has 3 N–H and O–H groups in total. The zero-order valence-corrected chi connectivity index (χ0v) is 17.0. The van der Waals surface area contributed by atoms with Gasteiger partial charge in [0.15, 0.2) is 17.6 Å². The number of para-hydroxylation sites is 1. The largest absolute Gasteiger partial charge is 0.504 e. The number of aromatic nitrogens is 1. The van der Waals surface area contributed by atoms with Crippen LogP contribution >= 0.6 is 0 Å². The van der Waals surface area contributed by atoms with E-state index in [0.29, 0.717) is 12.2 Å². The molecule has 0 unspecified atom stereocenters. The Morgan fingerprint density at radius 3 is 2.81 bits per heavy atom. The number of nitrogens with zero attached hydrogens (tertiary/aromatic N) is 1. The van der Waals surface area contributed by atoms with E-state index in [9.17, 15) is 23.4 Å². The summed E-state index contributed by atoms with van der Waals surface area (Å²) in [6.07, 6.45) is -4.11. The molecule has 2 aliphatic carbocycles. The fourth-order valence-electron chi connectivity index (χ4n) is 7.14. The lowest BCUT2D eigenvalue weighted by Gasteiger charge is -2.62. The lowest BCUT2D eigenvalue weighted by Crippen LogP contribution is -2.75. The van der Waals surface area contributed by atoms with Gasteiger partial charge in [0.05, 0.1) is 23.3 Å². The molecule has 2 aromatic carbocycles. The van der Waals surface area contributed by atoms with Crippen LogP contribution in [0, 0.1) is 0 Å². The van der Waals surface area contributed by atoms with Gasteiger partial charge >= 0.3 is 6.18 Å². The SMILES string of the molecule is Oc1ccc2c3c1O[C@H]1c4[nH]c5ccccc5c4C[C@@]4(O)[C@@H](C2)N(CC(F)(F)F)CC[C@]314. The average molecular weight is 442 g/mol. The maximum Gasteiger partial charge on any atom is 0.401 e. The van der Waals surface area contributed by atoms with Crippen molar-refractivity contribution in [3.05, 3.63) is 58.8 Å². The highest BCUT2D eigenvalue weighted by molar-refractivity contribution is 5.86. The second kappa shape index (κ2) is 5.61. The quantitative estimate of drug-likeness (QED) is 0.537. The molecule has 32 heavy (non-hydrogen) atoms. The number of hydrogen-bond donors (Lipinski definition) is 3. The first kappa shape index (κ1) is 18.8. The lowest BCUT2D eigenvalue weighted by molar-refractivity contribution is -0.206. The Kier molecular flexibility index (Phi) is 3.30. The van der Waals surface area contributed by atoms with E-state index in [-0.39, 0.29) is 25.1 Å². The van der Waals surface area contributed by atoms with E-state index >= 15 is 0 Å². The number of phenolic OH excluding ortho intramolecular Hbond substituents is 1. The standard InChI is InChI=1S/C24H21F3N2O3/c25-24(26,27)11-29-8-7-22-18-12-5-6-16(30)20(18)32-21(22)19-14(10-23(22,31)17(29)9-12)13-3-1-2-4-15(13)28-19/h1-6,17,21,28,30-31H,7-11H2/t17-,21+,22+,23-/m1/s1. The van der Waals surface area contributed by atoms with Crippen molar-refractivity contribution >= 4 is 10.9 Å². The third-order valence-electron chi connectivity index (χ3n) is 8.26. The number of rotatable bonds is 1. The first-order valence-corrected chi connectivity index (χ1v) is 10.9. The molecule has 2 aliphatic heterocycles. The highest BCUT2D eigenvalue weighted by Gasteiger charge is 2.73. The maximum atomic E-state index is 13.5. The number of nitrogens with one attached hydrogen (secondary N) is 1. The first-order chi connectivity index (χ1) is 15.2. The smallest absolute Gasteiger partial charge is 0.401 e. The van der Waals surface area contributed by atoms with E-state index in [1.54, 1.807) is 12.1 Å². The number of aliphatic hydroxyl groups is 1. The first-order valence-electron chi connectivity index (χ1n) is 10.9.